The smallest absolute Gasteiger partial charge is 0.113 e. The van der Waals surface area contributed by atoms with E-state index in [1.54, 1.807) is 0 Å². The summed E-state index contributed by atoms with van der Waals surface area (Å²) in [6.07, 6.45) is 10.4. The summed E-state index contributed by atoms with van der Waals surface area (Å²) in [6.45, 7) is 6.37. The van der Waals surface area contributed by atoms with Crippen LogP contribution in [0, 0.1) is 6.92 Å². The first-order chi connectivity index (χ1) is 11.1. The van der Waals surface area contributed by atoms with E-state index in [2.05, 4.69) is 57.6 Å². The van der Waals surface area contributed by atoms with Gasteiger partial charge in [-0.25, -0.2) is 4.98 Å². The molecule has 0 N–H and O–H groups in total. The van der Waals surface area contributed by atoms with Crippen LogP contribution in [-0.2, 0) is 6.54 Å². The van der Waals surface area contributed by atoms with Crippen LogP contribution in [0.2, 0.25) is 0 Å². The Morgan fingerprint density at radius 1 is 1.30 bits per heavy atom. The fourth-order valence-corrected chi connectivity index (χ4v) is 3.40. The van der Waals surface area contributed by atoms with E-state index < -0.39 is 0 Å². The minimum absolute atomic E-state index is 0.508. The van der Waals surface area contributed by atoms with E-state index in [1.807, 2.05) is 18.6 Å². The number of rotatable bonds is 5. The van der Waals surface area contributed by atoms with Crippen molar-refractivity contribution in [1.29, 1.82) is 0 Å². The molecule has 0 saturated carbocycles. The molecule has 0 radical (unpaired) electrons. The Hall–Kier alpha value is -1.88. The molecule has 5 heteroatoms. The van der Waals surface area contributed by atoms with Gasteiger partial charge in [-0.05, 0) is 45.5 Å². The number of aromatic nitrogens is 3. The highest BCUT2D eigenvalue weighted by Crippen LogP contribution is 2.30. The number of nitrogens with zero attached hydrogens (tertiary/aromatic N) is 5. The number of hydrogen-bond donors (Lipinski definition) is 0. The number of imidazole rings is 1. The monoisotopic (exact) mass is 313 g/mol. The van der Waals surface area contributed by atoms with Crippen molar-refractivity contribution < 1.29 is 0 Å². The largest absolute Gasteiger partial charge is 0.370 e. The summed E-state index contributed by atoms with van der Waals surface area (Å²) in [6, 6.07) is 2.14. The second-order valence-electron chi connectivity index (χ2n) is 6.73. The van der Waals surface area contributed by atoms with Crippen molar-refractivity contribution >= 4 is 5.69 Å². The van der Waals surface area contributed by atoms with Crippen molar-refractivity contribution in [1.82, 2.24) is 19.4 Å². The molecular weight excluding hydrogens is 286 g/mol. The molecule has 124 valence electrons. The van der Waals surface area contributed by atoms with E-state index in [-0.39, 0.29) is 0 Å². The molecule has 1 unspecified atom stereocenters. The molecule has 1 aliphatic heterocycles. The normalized spacial score (nSPS) is 18.6. The zero-order valence-electron chi connectivity index (χ0n) is 14.4. The lowest BCUT2D eigenvalue weighted by molar-refractivity contribution is 0.373. The minimum atomic E-state index is 0.508. The van der Waals surface area contributed by atoms with Crippen LogP contribution in [0.1, 0.15) is 30.1 Å². The number of aryl methyl sites for hydroxylation is 1. The SMILES string of the molecule is Cc1cnccc1N1CCCC(c2nccn2CCN(C)C)C1. The third-order valence-electron chi connectivity index (χ3n) is 4.65. The van der Waals surface area contributed by atoms with Gasteiger partial charge in [-0.15, -0.1) is 0 Å². The summed E-state index contributed by atoms with van der Waals surface area (Å²) in [5, 5.41) is 0. The van der Waals surface area contributed by atoms with Crippen LogP contribution in [-0.4, -0.2) is 53.2 Å². The molecule has 0 aromatic carbocycles. The van der Waals surface area contributed by atoms with Gasteiger partial charge in [0, 0.05) is 62.6 Å². The summed E-state index contributed by atoms with van der Waals surface area (Å²) >= 11 is 0. The molecule has 1 atom stereocenters. The van der Waals surface area contributed by atoms with E-state index in [0.29, 0.717) is 5.92 Å². The van der Waals surface area contributed by atoms with E-state index in [1.165, 1.54) is 29.9 Å². The summed E-state index contributed by atoms with van der Waals surface area (Å²) in [5.74, 6) is 1.75. The number of piperidine rings is 1. The highest BCUT2D eigenvalue weighted by molar-refractivity contribution is 5.52. The zero-order chi connectivity index (χ0) is 16.2. The first-order valence-electron chi connectivity index (χ1n) is 8.46. The third-order valence-corrected chi connectivity index (χ3v) is 4.65. The molecule has 0 spiro atoms. The van der Waals surface area contributed by atoms with Gasteiger partial charge >= 0.3 is 0 Å². The Balaban J connectivity index is 1.74. The number of anilines is 1. The van der Waals surface area contributed by atoms with Crippen LogP contribution in [0.3, 0.4) is 0 Å². The highest BCUT2D eigenvalue weighted by Gasteiger charge is 2.25. The molecule has 0 bridgehead atoms. The second-order valence-corrected chi connectivity index (χ2v) is 6.73. The molecule has 3 heterocycles. The fraction of sp³-hybridized carbons (Fsp3) is 0.556. The van der Waals surface area contributed by atoms with Crippen molar-refractivity contribution in [3.8, 4) is 0 Å². The summed E-state index contributed by atoms with van der Waals surface area (Å²) < 4.78 is 2.33. The summed E-state index contributed by atoms with van der Waals surface area (Å²) in [4.78, 5) is 13.6. The summed E-state index contributed by atoms with van der Waals surface area (Å²) in [5.41, 5.74) is 2.57. The van der Waals surface area contributed by atoms with Gasteiger partial charge in [0.25, 0.3) is 0 Å². The van der Waals surface area contributed by atoms with Gasteiger partial charge in [0.1, 0.15) is 5.82 Å². The Kier molecular flexibility index (Phi) is 4.96. The lowest BCUT2D eigenvalue weighted by atomic mass is 9.96. The van der Waals surface area contributed by atoms with E-state index in [0.717, 1.165) is 26.2 Å². The summed E-state index contributed by atoms with van der Waals surface area (Å²) in [7, 11) is 4.23. The van der Waals surface area contributed by atoms with Gasteiger partial charge in [0.05, 0.1) is 0 Å². The Labute approximate surface area is 139 Å². The molecule has 3 rings (SSSR count). The predicted molar refractivity (Wildman–Crippen MR) is 93.9 cm³/mol. The first kappa shape index (κ1) is 16.0. The van der Waals surface area contributed by atoms with Crippen LogP contribution < -0.4 is 4.90 Å². The number of pyridine rings is 1. The second kappa shape index (κ2) is 7.13. The van der Waals surface area contributed by atoms with Gasteiger partial charge in [0.2, 0.25) is 0 Å². The lowest BCUT2D eigenvalue weighted by Gasteiger charge is -2.35. The van der Waals surface area contributed by atoms with Crippen molar-refractivity contribution in [2.75, 3.05) is 38.6 Å². The van der Waals surface area contributed by atoms with Crippen LogP contribution in [0.15, 0.2) is 30.9 Å². The molecule has 5 nitrogen and oxygen atoms in total. The van der Waals surface area contributed by atoms with Crippen molar-refractivity contribution in [3.05, 3.63) is 42.2 Å². The molecule has 1 fully saturated rings. The van der Waals surface area contributed by atoms with Crippen LogP contribution >= 0.6 is 0 Å². The molecule has 2 aromatic rings. The van der Waals surface area contributed by atoms with Gasteiger partial charge < -0.3 is 14.4 Å². The molecule has 23 heavy (non-hydrogen) atoms. The van der Waals surface area contributed by atoms with Crippen molar-refractivity contribution in [2.45, 2.75) is 32.2 Å². The maximum atomic E-state index is 4.67. The molecule has 1 saturated heterocycles. The van der Waals surface area contributed by atoms with Gasteiger partial charge in [0.15, 0.2) is 0 Å². The molecule has 2 aromatic heterocycles. The van der Waals surface area contributed by atoms with Gasteiger partial charge in [-0.3, -0.25) is 4.98 Å². The van der Waals surface area contributed by atoms with Gasteiger partial charge in [-0.1, -0.05) is 0 Å². The first-order valence-corrected chi connectivity index (χ1v) is 8.46. The number of hydrogen-bond acceptors (Lipinski definition) is 4. The third kappa shape index (κ3) is 3.72. The van der Waals surface area contributed by atoms with Crippen LogP contribution in [0.5, 0.6) is 0 Å². The molecule has 0 aliphatic carbocycles. The predicted octanol–water partition coefficient (Wildman–Crippen LogP) is 2.53. The van der Waals surface area contributed by atoms with Gasteiger partial charge in [-0.2, -0.15) is 0 Å². The minimum Gasteiger partial charge on any atom is -0.370 e. The van der Waals surface area contributed by atoms with Crippen LogP contribution in [0.4, 0.5) is 5.69 Å². The molecule has 0 amide bonds. The molecule has 1 aliphatic rings. The Bertz CT molecular complexity index is 634. The highest BCUT2D eigenvalue weighted by atomic mass is 15.2. The quantitative estimate of drug-likeness (QED) is 0.850. The van der Waals surface area contributed by atoms with Crippen LogP contribution in [0.25, 0.3) is 0 Å². The maximum absolute atomic E-state index is 4.67. The van der Waals surface area contributed by atoms with E-state index in [4.69, 9.17) is 0 Å². The Morgan fingerprint density at radius 3 is 2.96 bits per heavy atom. The average Bonchev–Trinajstić information content (AvgIpc) is 3.02. The zero-order valence-corrected chi connectivity index (χ0v) is 14.4. The fourth-order valence-electron chi connectivity index (χ4n) is 3.40. The van der Waals surface area contributed by atoms with Crippen molar-refractivity contribution in [2.24, 2.45) is 0 Å². The Morgan fingerprint density at radius 2 is 2.17 bits per heavy atom. The van der Waals surface area contributed by atoms with Crippen molar-refractivity contribution in [3.63, 3.8) is 0 Å². The lowest BCUT2D eigenvalue weighted by Crippen LogP contribution is -2.36. The number of likely N-dealkylation sites (N-methyl/N-ethyl adjacent to an activating group) is 1. The molecular formula is C18H27N5. The topological polar surface area (TPSA) is 37.2 Å². The maximum Gasteiger partial charge on any atom is 0.113 e. The standard InChI is InChI=1S/C18H27N5/c1-15-13-19-7-6-17(15)23-9-4-5-16(14-23)18-20-8-10-22(18)12-11-21(2)3/h6-8,10,13,16H,4-5,9,11-12,14H2,1-3H3. The average molecular weight is 313 g/mol. The van der Waals surface area contributed by atoms with E-state index in [9.17, 15) is 0 Å². The van der Waals surface area contributed by atoms with E-state index >= 15 is 0 Å².